The number of benzene rings is 1. The van der Waals surface area contributed by atoms with Crippen molar-refractivity contribution in [3.63, 3.8) is 0 Å². The topological polar surface area (TPSA) is 73.1 Å². The van der Waals surface area contributed by atoms with Crippen LogP contribution in [0.15, 0.2) is 42.9 Å². The molecule has 162 valence electrons. The van der Waals surface area contributed by atoms with Gasteiger partial charge in [-0.05, 0) is 43.0 Å². The molecule has 3 aromatic rings. The van der Waals surface area contributed by atoms with Crippen LogP contribution in [0, 0.1) is 11.3 Å². The van der Waals surface area contributed by atoms with E-state index in [1.54, 1.807) is 6.20 Å². The Kier molecular flexibility index (Phi) is 5.22. The Bertz CT molecular complexity index is 1090. The van der Waals surface area contributed by atoms with Crippen LogP contribution in [0.4, 0.5) is 0 Å². The lowest BCUT2D eigenvalue weighted by Gasteiger charge is -2.37. The number of likely N-dealkylation sites (tertiary alicyclic amines) is 1. The zero-order valence-electron chi connectivity index (χ0n) is 18.2. The number of ether oxygens (including phenoxy) is 1. The summed E-state index contributed by atoms with van der Waals surface area (Å²) >= 11 is 0. The van der Waals surface area contributed by atoms with E-state index in [0.29, 0.717) is 18.0 Å². The molecule has 4 heterocycles. The number of amides is 1. The highest BCUT2D eigenvalue weighted by molar-refractivity contribution is 5.98. The lowest BCUT2D eigenvalue weighted by Crippen LogP contribution is -2.38. The van der Waals surface area contributed by atoms with Crippen molar-refractivity contribution in [2.45, 2.75) is 39.2 Å². The summed E-state index contributed by atoms with van der Waals surface area (Å²) in [6.07, 6.45) is 5.50. The van der Waals surface area contributed by atoms with Crippen molar-refractivity contribution in [1.29, 1.82) is 0 Å². The SMILES string of the molecule is CC(C)Cn1cnnc1C1CN(C(=O)c2ccc3ncccc3c2)CC12CCOCC2. The predicted octanol–water partition coefficient (Wildman–Crippen LogP) is 3.52. The van der Waals surface area contributed by atoms with Gasteiger partial charge in [0.25, 0.3) is 5.91 Å². The smallest absolute Gasteiger partial charge is 0.253 e. The van der Waals surface area contributed by atoms with Crippen LogP contribution >= 0.6 is 0 Å². The average Bonchev–Trinajstić information content (AvgIpc) is 3.37. The highest BCUT2D eigenvalue weighted by atomic mass is 16.5. The number of fused-ring (bicyclic) bond motifs is 1. The van der Waals surface area contributed by atoms with Gasteiger partial charge in [-0.1, -0.05) is 19.9 Å². The van der Waals surface area contributed by atoms with E-state index in [2.05, 4.69) is 33.6 Å². The molecule has 1 spiro atoms. The Morgan fingerprint density at radius 2 is 2.10 bits per heavy atom. The Labute approximate surface area is 182 Å². The molecule has 1 atom stereocenters. The van der Waals surface area contributed by atoms with E-state index in [-0.39, 0.29) is 17.2 Å². The van der Waals surface area contributed by atoms with Crippen LogP contribution in [-0.4, -0.2) is 56.9 Å². The summed E-state index contributed by atoms with van der Waals surface area (Å²) in [6.45, 7) is 8.16. The lowest BCUT2D eigenvalue weighted by molar-refractivity contribution is 0.0106. The van der Waals surface area contributed by atoms with Crippen molar-refractivity contribution >= 4 is 16.8 Å². The monoisotopic (exact) mass is 419 g/mol. The Morgan fingerprint density at radius 1 is 1.26 bits per heavy atom. The molecular weight excluding hydrogens is 390 g/mol. The fraction of sp³-hybridized carbons (Fsp3) is 0.500. The molecule has 2 aliphatic heterocycles. The number of hydrogen-bond acceptors (Lipinski definition) is 5. The van der Waals surface area contributed by atoms with Crippen LogP contribution < -0.4 is 0 Å². The molecule has 31 heavy (non-hydrogen) atoms. The van der Waals surface area contributed by atoms with Crippen molar-refractivity contribution in [1.82, 2.24) is 24.6 Å². The first-order valence-electron chi connectivity index (χ1n) is 11.2. The van der Waals surface area contributed by atoms with Crippen LogP contribution in [0.2, 0.25) is 0 Å². The van der Waals surface area contributed by atoms with Gasteiger partial charge in [-0.25, -0.2) is 0 Å². The minimum atomic E-state index is -0.00588. The van der Waals surface area contributed by atoms with Crippen LogP contribution in [0.5, 0.6) is 0 Å². The Hall–Kier alpha value is -2.80. The highest BCUT2D eigenvalue weighted by Crippen LogP contribution is 2.49. The summed E-state index contributed by atoms with van der Waals surface area (Å²) in [5.41, 5.74) is 1.61. The Morgan fingerprint density at radius 3 is 2.90 bits per heavy atom. The second-order valence-corrected chi connectivity index (χ2v) is 9.36. The van der Waals surface area contributed by atoms with E-state index in [1.165, 1.54) is 0 Å². The largest absolute Gasteiger partial charge is 0.381 e. The number of rotatable bonds is 4. The summed E-state index contributed by atoms with van der Waals surface area (Å²) in [5.74, 6) is 1.76. The predicted molar refractivity (Wildman–Crippen MR) is 118 cm³/mol. The summed E-state index contributed by atoms with van der Waals surface area (Å²) in [6, 6.07) is 9.68. The molecule has 0 N–H and O–H groups in total. The molecule has 2 aliphatic rings. The van der Waals surface area contributed by atoms with E-state index < -0.39 is 0 Å². The van der Waals surface area contributed by atoms with Gasteiger partial charge in [-0.15, -0.1) is 10.2 Å². The molecule has 7 heteroatoms. The van der Waals surface area contributed by atoms with Crippen molar-refractivity contribution in [3.05, 3.63) is 54.2 Å². The lowest BCUT2D eigenvalue weighted by atomic mass is 9.71. The summed E-state index contributed by atoms with van der Waals surface area (Å²) < 4.78 is 7.87. The van der Waals surface area contributed by atoms with E-state index in [9.17, 15) is 4.79 Å². The highest BCUT2D eigenvalue weighted by Gasteiger charge is 2.51. The van der Waals surface area contributed by atoms with E-state index >= 15 is 0 Å². The maximum atomic E-state index is 13.5. The zero-order valence-corrected chi connectivity index (χ0v) is 18.2. The van der Waals surface area contributed by atoms with Gasteiger partial charge in [0.15, 0.2) is 0 Å². The number of carbonyl (C=O) groups is 1. The first-order chi connectivity index (χ1) is 15.1. The fourth-order valence-corrected chi connectivity index (χ4v) is 5.22. The van der Waals surface area contributed by atoms with Crippen molar-refractivity contribution in [2.24, 2.45) is 11.3 Å². The van der Waals surface area contributed by atoms with Gasteiger partial charge >= 0.3 is 0 Å². The Balaban J connectivity index is 1.47. The van der Waals surface area contributed by atoms with Gasteiger partial charge < -0.3 is 14.2 Å². The number of carbonyl (C=O) groups excluding carboxylic acids is 1. The molecule has 0 saturated carbocycles. The van der Waals surface area contributed by atoms with Gasteiger partial charge in [0, 0.05) is 61.3 Å². The normalized spacial score (nSPS) is 20.7. The minimum absolute atomic E-state index is 0.00588. The third-order valence-corrected chi connectivity index (χ3v) is 6.79. The molecular formula is C24H29N5O2. The standard InChI is InChI=1S/C24H29N5O2/c1-17(2)13-29-16-26-27-22(29)20-14-28(15-24(20)7-10-31-11-8-24)23(30)19-5-6-21-18(12-19)4-3-9-25-21/h3-6,9,12,16-17,20H,7-8,10-11,13-15H2,1-2H3. The molecule has 1 unspecified atom stereocenters. The third-order valence-electron chi connectivity index (χ3n) is 6.79. The molecule has 2 aromatic heterocycles. The molecule has 5 rings (SSSR count). The van der Waals surface area contributed by atoms with Crippen molar-refractivity contribution in [3.8, 4) is 0 Å². The molecule has 1 amide bonds. The minimum Gasteiger partial charge on any atom is -0.381 e. The molecule has 2 fully saturated rings. The van der Waals surface area contributed by atoms with Crippen LogP contribution in [0.3, 0.4) is 0 Å². The van der Waals surface area contributed by atoms with Crippen molar-refractivity contribution < 1.29 is 9.53 Å². The number of pyridine rings is 1. The molecule has 0 bridgehead atoms. The van der Waals surface area contributed by atoms with Gasteiger partial charge in [-0.3, -0.25) is 9.78 Å². The second kappa shape index (κ2) is 8.04. The van der Waals surface area contributed by atoms with E-state index in [0.717, 1.165) is 55.9 Å². The maximum Gasteiger partial charge on any atom is 0.253 e. The summed E-state index contributed by atoms with van der Waals surface area (Å²) in [5, 5.41) is 9.75. The van der Waals surface area contributed by atoms with Gasteiger partial charge in [-0.2, -0.15) is 0 Å². The van der Waals surface area contributed by atoms with Crippen LogP contribution in [-0.2, 0) is 11.3 Å². The van der Waals surface area contributed by atoms with E-state index in [1.807, 2.05) is 41.6 Å². The van der Waals surface area contributed by atoms with Crippen LogP contribution in [0.1, 0.15) is 48.8 Å². The second-order valence-electron chi connectivity index (χ2n) is 9.36. The average molecular weight is 420 g/mol. The van der Waals surface area contributed by atoms with Crippen molar-refractivity contribution in [2.75, 3.05) is 26.3 Å². The van der Waals surface area contributed by atoms with Gasteiger partial charge in [0.1, 0.15) is 12.2 Å². The molecule has 2 saturated heterocycles. The molecule has 7 nitrogen and oxygen atoms in total. The van der Waals surface area contributed by atoms with E-state index in [4.69, 9.17) is 4.74 Å². The van der Waals surface area contributed by atoms with Gasteiger partial charge in [0.05, 0.1) is 5.52 Å². The van der Waals surface area contributed by atoms with Crippen LogP contribution in [0.25, 0.3) is 10.9 Å². The first kappa shape index (κ1) is 20.1. The third kappa shape index (κ3) is 3.71. The zero-order chi connectivity index (χ0) is 21.4. The number of hydrogen-bond donors (Lipinski definition) is 0. The first-order valence-corrected chi connectivity index (χ1v) is 11.2. The maximum absolute atomic E-state index is 13.5. The summed E-state index contributed by atoms with van der Waals surface area (Å²) in [4.78, 5) is 19.9. The summed E-state index contributed by atoms with van der Waals surface area (Å²) in [7, 11) is 0. The molecule has 1 aromatic carbocycles. The number of aromatic nitrogens is 4. The quantitative estimate of drug-likeness (QED) is 0.647. The van der Waals surface area contributed by atoms with Gasteiger partial charge in [0.2, 0.25) is 0 Å². The molecule has 0 radical (unpaired) electrons. The molecule has 0 aliphatic carbocycles. The fourth-order valence-electron chi connectivity index (χ4n) is 5.22. The number of nitrogens with zero attached hydrogens (tertiary/aromatic N) is 5.